The van der Waals surface area contributed by atoms with Crippen molar-refractivity contribution in [2.75, 3.05) is 55.0 Å². The van der Waals surface area contributed by atoms with E-state index >= 15 is 0 Å². The quantitative estimate of drug-likeness (QED) is 0.845. The standard InChI is InChI=1S/C17H23N7/c1-22(2)17-19-8-6-15(21-17)24-11-9-23(10-12-24)14-5-7-18-16(20-14)13-3-4-13/h5-8,13H,3-4,9-12H2,1-2H3. The Balaban J connectivity index is 1.43. The normalized spacial score (nSPS) is 17.9. The second-order valence-corrected chi connectivity index (χ2v) is 6.63. The van der Waals surface area contributed by atoms with Gasteiger partial charge in [-0.3, -0.25) is 0 Å². The predicted molar refractivity (Wildman–Crippen MR) is 94.8 cm³/mol. The summed E-state index contributed by atoms with van der Waals surface area (Å²) < 4.78 is 0. The molecule has 4 rings (SSSR count). The first-order chi connectivity index (χ1) is 11.7. The van der Waals surface area contributed by atoms with Crippen LogP contribution in [0.1, 0.15) is 24.6 Å². The Labute approximate surface area is 142 Å². The van der Waals surface area contributed by atoms with Gasteiger partial charge in [0.15, 0.2) is 0 Å². The van der Waals surface area contributed by atoms with Crippen molar-refractivity contribution >= 4 is 17.6 Å². The van der Waals surface area contributed by atoms with E-state index in [1.807, 2.05) is 43.5 Å². The van der Waals surface area contributed by atoms with E-state index in [9.17, 15) is 0 Å². The molecule has 1 saturated heterocycles. The zero-order valence-electron chi connectivity index (χ0n) is 14.3. The first-order valence-electron chi connectivity index (χ1n) is 8.54. The van der Waals surface area contributed by atoms with E-state index in [0.29, 0.717) is 5.92 Å². The molecule has 2 aromatic rings. The minimum Gasteiger partial charge on any atom is -0.353 e. The Kier molecular flexibility index (Phi) is 3.92. The average molecular weight is 325 g/mol. The third-order valence-electron chi connectivity index (χ3n) is 4.56. The lowest BCUT2D eigenvalue weighted by atomic mass is 10.3. The zero-order valence-corrected chi connectivity index (χ0v) is 14.3. The summed E-state index contributed by atoms with van der Waals surface area (Å²) >= 11 is 0. The van der Waals surface area contributed by atoms with Gasteiger partial charge in [-0.25, -0.2) is 15.0 Å². The first-order valence-corrected chi connectivity index (χ1v) is 8.54. The highest BCUT2D eigenvalue weighted by atomic mass is 15.3. The van der Waals surface area contributed by atoms with E-state index in [0.717, 1.165) is 49.6 Å². The molecular weight excluding hydrogens is 302 g/mol. The van der Waals surface area contributed by atoms with Crippen molar-refractivity contribution < 1.29 is 0 Å². The first kappa shape index (κ1) is 15.1. The summed E-state index contributed by atoms with van der Waals surface area (Å²) in [4.78, 5) is 24.7. The molecule has 1 aliphatic heterocycles. The van der Waals surface area contributed by atoms with Crippen LogP contribution in [0.5, 0.6) is 0 Å². The van der Waals surface area contributed by atoms with Gasteiger partial charge in [0.2, 0.25) is 5.95 Å². The molecular formula is C17H23N7. The molecule has 0 bridgehead atoms. The fraction of sp³-hybridized carbons (Fsp3) is 0.529. The van der Waals surface area contributed by atoms with Crippen LogP contribution in [0.15, 0.2) is 24.5 Å². The molecule has 0 amide bonds. The number of aromatic nitrogens is 4. The molecule has 2 aliphatic rings. The van der Waals surface area contributed by atoms with Crippen molar-refractivity contribution in [2.24, 2.45) is 0 Å². The second kappa shape index (κ2) is 6.22. The largest absolute Gasteiger partial charge is 0.353 e. The summed E-state index contributed by atoms with van der Waals surface area (Å²) in [5.74, 6) is 4.41. The molecule has 1 saturated carbocycles. The van der Waals surface area contributed by atoms with Crippen LogP contribution in [0, 0.1) is 0 Å². The Bertz CT molecular complexity index is 652. The van der Waals surface area contributed by atoms with Crippen molar-refractivity contribution in [2.45, 2.75) is 18.8 Å². The molecule has 0 spiro atoms. The van der Waals surface area contributed by atoms with Crippen molar-refractivity contribution in [3.05, 3.63) is 30.4 Å². The van der Waals surface area contributed by atoms with Crippen LogP contribution in [0.4, 0.5) is 17.6 Å². The van der Waals surface area contributed by atoms with Crippen LogP contribution >= 0.6 is 0 Å². The van der Waals surface area contributed by atoms with Gasteiger partial charge in [-0.1, -0.05) is 0 Å². The van der Waals surface area contributed by atoms with E-state index in [4.69, 9.17) is 4.98 Å². The molecule has 2 fully saturated rings. The van der Waals surface area contributed by atoms with Gasteiger partial charge in [-0.15, -0.1) is 0 Å². The van der Waals surface area contributed by atoms with Crippen LogP contribution in [-0.2, 0) is 0 Å². The highest BCUT2D eigenvalue weighted by Crippen LogP contribution is 2.38. The molecule has 3 heterocycles. The third kappa shape index (κ3) is 3.11. The molecule has 0 aromatic carbocycles. The van der Waals surface area contributed by atoms with Crippen molar-refractivity contribution in [3.63, 3.8) is 0 Å². The monoisotopic (exact) mass is 325 g/mol. The van der Waals surface area contributed by atoms with Gasteiger partial charge in [-0.05, 0) is 25.0 Å². The number of nitrogens with zero attached hydrogens (tertiary/aromatic N) is 7. The Morgan fingerprint density at radius 1 is 0.875 bits per heavy atom. The summed E-state index contributed by atoms with van der Waals surface area (Å²) in [7, 11) is 3.92. The van der Waals surface area contributed by atoms with Crippen LogP contribution < -0.4 is 14.7 Å². The number of hydrogen-bond donors (Lipinski definition) is 0. The second-order valence-electron chi connectivity index (χ2n) is 6.63. The Hall–Kier alpha value is -2.44. The maximum absolute atomic E-state index is 4.76. The smallest absolute Gasteiger partial charge is 0.226 e. The van der Waals surface area contributed by atoms with Gasteiger partial charge >= 0.3 is 0 Å². The van der Waals surface area contributed by atoms with E-state index < -0.39 is 0 Å². The van der Waals surface area contributed by atoms with Gasteiger partial charge in [0.25, 0.3) is 0 Å². The van der Waals surface area contributed by atoms with E-state index in [1.165, 1.54) is 12.8 Å². The fourth-order valence-corrected chi connectivity index (χ4v) is 2.97. The van der Waals surface area contributed by atoms with Crippen molar-refractivity contribution in [1.82, 2.24) is 19.9 Å². The van der Waals surface area contributed by atoms with Gasteiger partial charge in [0, 0.05) is 58.6 Å². The van der Waals surface area contributed by atoms with Crippen molar-refractivity contribution in [3.8, 4) is 0 Å². The number of piperazine rings is 1. The van der Waals surface area contributed by atoms with E-state index in [2.05, 4.69) is 24.8 Å². The lowest BCUT2D eigenvalue weighted by molar-refractivity contribution is 0.638. The highest BCUT2D eigenvalue weighted by molar-refractivity contribution is 5.46. The maximum Gasteiger partial charge on any atom is 0.226 e. The molecule has 0 unspecified atom stereocenters. The van der Waals surface area contributed by atoms with Gasteiger partial charge < -0.3 is 14.7 Å². The fourth-order valence-electron chi connectivity index (χ4n) is 2.97. The summed E-state index contributed by atoms with van der Waals surface area (Å²) in [5, 5.41) is 0. The summed E-state index contributed by atoms with van der Waals surface area (Å²) in [5.41, 5.74) is 0. The molecule has 2 aromatic heterocycles. The Morgan fingerprint density at radius 3 is 2.04 bits per heavy atom. The number of rotatable bonds is 4. The molecule has 0 atom stereocenters. The summed E-state index contributed by atoms with van der Waals surface area (Å²) in [6.45, 7) is 3.77. The van der Waals surface area contributed by atoms with Crippen LogP contribution in [0.25, 0.3) is 0 Å². The molecule has 0 N–H and O–H groups in total. The molecule has 7 nitrogen and oxygen atoms in total. The van der Waals surface area contributed by atoms with Crippen LogP contribution in [-0.4, -0.2) is 60.2 Å². The molecule has 24 heavy (non-hydrogen) atoms. The maximum atomic E-state index is 4.76. The van der Waals surface area contributed by atoms with Gasteiger partial charge in [0.1, 0.15) is 17.5 Å². The lowest BCUT2D eigenvalue weighted by Gasteiger charge is -2.36. The highest BCUT2D eigenvalue weighted by Gasteiger charge is 2.27. The van der Waals surface area contributed by atoms with Gasteiger partial charge in [-0.2, -0.15) is 4.98 Å². The van der Waals surface area contributed by atoms with E-state index in [-0.39, 0.29) is 0 Å². The lowest BCUT2D eigenvalue weighted by Crippen LogP contribution is -2.47. The SMILES string of the molecule is CN(C)c1nccc(N2CCN(c3ccnc(C4CC4)n3)CC2)n1. The summed E-state index contributed by atoms with van der Waals surface area (Å²) in [6, 6.07) is 4.01. The molecule has 126 valence electrons. The molecule has 7 heteroatoms. The molecule has 0 radical (unpaired) electrons. The van der Waals surface area contributed by atoms with Crippen molar-refractivity contribution in [1.29, 1.82) is 0 Å². The predicted octanol–water partition coefficient (Wildman–Crippen LogP) is 1.54. The Morgan fingerprint density at radius 2 is 1.46 bits per heavy atom. The summed E-state index contributed by atoms with van der Waals surface area (Å²) in [6.07, 6.45) is 6.20. The van der Waals surface area contributed by atoms with Gasteiger partial charge in [0.05, 0.1) is 0 Å². The number of hydrogen-bond acceptors (Lipinski definition) is 7. The average Bonchev–Trinajstić information content (AvgIpc) is 3.47. The topological polar surface area (TPSA) is 61.3 Å². The third-order valence-corrected chi connectivity index (χ3v) is 4.56. The van der Waals surface area contributed by atoms with E-state index in [1.54, 1.807) is 0 Å². The minimum atomic E-state index is 0.594. The number of anilines is 3. The molecule has 1 aliphatic carbocycles. The zero-order chi connectivity index (χ0) is 16.5. The minimum absolute atomic E-state index is 0.594. The van der Waals surface area contributed by atoms with Crippen LogP contribution in [0.3, 0.4) is 0 Å². The van der Waals surface area contributed by atoms with Crippen LogP contribution in [0.2, 0.25) is 0 Å².